The second-order valence-electron chi connectivity index (χ2n) is 7.61. The van der Waals surface area contributed by atoms with Crippen molar-refractivity contribution >= 4 is 17.4 Å². The lowest BCUT2D eigenvalue weighted by Crippen LogP contribution is -2.28. The lowest BCUT2D eigenvalue weighted by atomic mass is 9.86. The molecular formula is C20H26N4O. The third-order valence-corrected chi connectivity index (χ3v) is 4.45. The molecule has 5 nitrogen and oxygen atoms in total. The number of amides is 1. The topological polar surface area (TPSA) is 58.1 Å². The maximum atomic E-state index is 12.6. The summed E-state index contributed by atoms with van der Waals surface area (Å²) in [6.45, 7) is 10.00. The highest BCUT2D eigenvalue weighted by Gasteiger charge is 2.22. The van der Waals surface area contributed by atoms with Crippen LogP contribution in [0.1, 0.15) is 55.5 Å². The summed E-state index contributed by atoms with van der Waals surface area (Å²) in [6.07, 6.45) is 2.14. The summed E-state index contributed by atoms with van der Waals surface area (Å²) in [5, 5.41) is 3.38. The van der Waals surface area contributed by atoms with Crippen LogP contribution in [0.3, 0.4) is 0 Å². The fourth-order valence-electron chi connectivity index (χ4n) is 3.21. The van der Waals surface area contributed by atoms with Crippen LogP contribution in [0.2, 0.25) is 0 Å². The van der Waals surface area contributed by atoms with E-state index in [2.05, 4.69) is 42.1 Å². The number of nitrogens with one attached hydrogen (secondary N) is 1. The molecule has 0 aliphatic carbocycles. The Hall–Kier alpha value is -2.43. The van der Waals surface area contributed by atoms with Crippen LogP contribution in [0.4, 0.5) is 11.5 Å². The average Bonchev–Trinajstić information content (AvgIpc) is 3.07. The van der Waals surface area contributed by atoms with E-state index in [0.717, 1.165) is 31.6 Å². The molecule has 2 heterocycles. The van der Waals surface area contributed by atoms with Gasteiger partial charge in [-0.2, -0.15) is 0 Å². The van der Waals surface area contributed by atoms with Crippen molar-refractivity contribution < 1.29 is 4.79 Å². The standard InChI is InChI=1S/C20H26N4O/c1-14-21-17(19(25)24-11-7-8-12-24)13-18(22-14)23-16-10-6-5-9-15(16)20(2,3)4/h5-6,9-10,13H,7-8,11-12H2,1-4H3,(H,21,22,23). The number of rotatable bonds is 3. The van der Waals surface area contributed by atoms with Crippen molar-refractivity contribution in [2.24, 2.45) is 0 Å². The first-order valence-electron chi connectivity index (χ1n) is 8.86. The number of hydrogen-bond donors (Lipinski definition) is 1. The Morgan fingerprint density at radius 3 is 2.48 bits per heavy atom. The van der Waals surface area contributed by atoms with Gasteiger partial charge in [0.2, 0.25) is 0 Å². The van der Waals surface area contributed by atoms with Crippen molar-refractivity contribution in [3.63, 3.8) is 0 Å². The number of benzene rings is 1. The zero-order chi connectivity index (χ0) is 18.0. The minimum atomic E-state index is -0.00448. The monoisotopic (exact) mass is 338 g/mol. The zero-order valence-corrected chi connectivity index (χ0v) is 15.5. The van der Waals surface area contributed by atoms with E-state index in [4.69, 9.17) is 0 Å². The molecule has 1 aliphatic heterocycles. The number of hydrogen-bond acceptors (Lipinski definition) is 4. The molecule has 132 valence electrons. The molecule has 1 amide bonds. The van der Waals surface area contributed by atoms with Gasteiger partial charge < -0.3 is 10.2 Å². The number of likely N-dealkylation sites (tertiary alicyclic amines) is 1. The van der Waals surface area contributed by atoms with Crippen LogP contribution < -0.4 is 5.32 Å². The van der Waals surface area contributed by atoms with Crippen LogP contribution in [0.25, 0.3) is 0 Å². The van der Waals surface area contributed by atoms with E-state index in [9.17, 15) is 4.79 Å². The lowest BCUT2D eigenvalue weighted by molar-refractivity contribution is 0.0786. The Bertz CT molecular complexity index is 774. The normalized spacial score (nSPS) is 14.6. The predicted octanol–water partition coefficient (Wildman–Crippen LogP) is 4.06. The zero-order valence-electron chi connectivity index (χ0n) is 15.5. The number of carbonyl (C=O) groups is 1. The van der Waals surface area contributed by atoms with Crippen molar-refractivity contribution in [1.82, 2.24) is 14.9 Å². The molecular weight excluding hydrogens is 312 g/mol. The quantitative estimate of drug-likeness (QED) is 0.917. The number of aryl methyl sites for hydroxylation is 1. The van der Waals surface area contributed by atoms with Crippen LogP contribution >= 0.6 is 0 Å². The molecule has 1 fully saturated rings. The van der Waals surface area contributed by atoms with Crippen molar-refractivity contribution in [2.75, 3.05) is 18.4 Å². The summed E-state index contributed by atoms with van der Waals surface area (Å²) >= 11 is 0. The Balaban J connectivity index is 1.90. The molecule has 0 saturated carbocycles. The highest BCUT2D eigenvalue weighted by atomic mass is 16.2. The van der Waals surface area contributed by atoms with Gasteiger partial charge >= 0.3 is 0 Å². The van der Waals surface area contributed by atoms with Gasteiger partial charge in [-0.15, -0.1) is 0 Å². The second-order valence-corrected chi connectivity index (χ2v) is 7.61. The van der Waals surface area contributed by atoms with E-state index in [-0.39, 0.29) is 11.3 Å². The van der Waals surface area contributed by atoms with Gasteiger partial charge in [-0.25, -0.2) is 9.97 Å². The van der Waals surface area contributed by atoms with Crippen LogP contribution in [0.5, 0.6) is 0 Å². The second kappa shape index (κ2) is 6.82. The van der Waals surface area contributed by atoms with E-state index in [1.54, 1.807) is 6.07 Å². The summed E-state index contributed by atoms with van der Waals surface area (Å²) in [5.41, 5.74) is 2.69. The number of nitrogens with zero attached hydrogens (tertiary/aromatic N) is 3. The van der Waals surface area contributed by atoms with Crippen molar-refractivity contribution in [1.29, 1.82) is 0 Å². The summed E-state index contributed by atoms with van der Waals surface area (Å²) in [4.78, 5) is 23.3. The minimum Gasteiger partial charge on any atom is -0.340 e. The fourth-order valence-corrected chi connectivity index (χ4v) is 3.21. The van der Waals surface area contributed by atoms with Gasteiger partial charge in [-0.05, 0) is 36.8 Å². The van der Waals surface area contributed by atoms with E-state index < -0.39 is 0 Å². The Morgan fingerprint density at radius 2 is 1.80 bits per heavy atom. The third-order valence-electron chi connectivity index (χ3n) is 4.45. The van der Waals surface area contributed by atoms with Crippen molar-refractivity contribution in [3.05, 3.63) is 47.4 Å². The third kappa shape index (κ3) is 3.98. The molecule has 1 N–H and O–H groups in total. The Kier molecular flexibility index (Phi) is 4.75. The summed E-state index contributed by atoms with van der Waals surface area (Å²) in [7, 11) is 0. The van der Waals surface area contributed by atoms with E-state index in [0.29, 0.717) is 17.3 Å². The first-order valence-corrected chi connectivity index (χ1v) is 8.86. The molecule has 25 heavy (non-hydrogen) atoms. The van der Waals surface area contributed by atoms with Crippen LogP contribution in [-0.4, -0.2) is 33.9 Å². The number of para-hydroxylation sites is 1. The molecule has 5 heteroatoms. The predicted molar refractivity (Wildman–Crippen MR) is 100 cm³/mol. The molecule has 0 bridgehead atoms. The molecule has 1 aromatic carbocycles. The van der Waals surface area contributed by atoms with Crippen molar-refractivity contribution in [2.45, 2.75) is 46.0 Å². The average molecular weight is 338 g/mol. The van der Waals surface area contributed by atoms with Gasteiger partial charge in [0.05, 0.1) is 0 Å². The number of anilines is 2. The van der Waals surface area contributed by atoms with E-state index >= 15 is 0 Å². The Morgan fingerprint density at radius 1 is 1.12 bits per heavy atom. The maximum absolute atomic E-state index is 12.6. The molecule has 2 aromatic rings. The number of carbonyl (C=O) groups excluding carboxylic acids is 1. The molecule has 0 spiro atoms. The van der Waals surface area contributed by atoms with Gasteiger partial charge in [-0.1, -0.05) is 39.0 Å². The lowest BCUT2D eigenvalue weighted by Gasteiger charge is -2.23. The largest absolute Gasteiger partial charge is 0.340 e. The first-order chi connectivity index (χ1) is 11.8. The van der Waals surface area contributed by atoms with Crippen LogP contribution in [0, 0.1) is 6.92 Å². The van der Waals surface area contributed by atoms with E-state index in [1.807, 2.05) is 30.0 Å². The fraction of sp³-hybridized carbons (Fsp3) is 0.450. The molecule has 3 rings (SSSR count). The van der Waals surface area contributed by atoms with Gasteiger partial charge in [-0.3, -0.25) is 4.79 Å². The molecule has 0 atom stereocenters. The van der Waals surface area contributed by atoms with Gasteiger partial charge in [0, 0.05) is 24.8 Å². The number of aromatic nitrogens is 2. The van der Waals surface area contributed by atoms with Gasteiger partial charge in [0.25, 0.3) is 5.91 Å². The summed E-state index contributed by atoms with van der Waals surface area (Å²) < 4.78 is 0. The SMILES string of the molecule is Cc1nc(Nc2ccccc2C(C)(C)C)cc(C(=O)N2CCCC2)n1. The highest BCUT2D eigenvalue weighted by Crippen LogP contribution is 2.31. The van der Waals surface area contributed by atoms with Crippen LogP contribution in [0.15, 0.2) is 30.3 Å². The maximum Gasteiger partial charge on any atom is 0.272 e. The van der Waals surface area contributed by atoms with Gasteiger partial charge in [0.15, 0.2) is 0 Å². The smallest absolute Gasteiger partial charge is 0.272 e. The molecule has 1 aromatic heterocycles. The molecule has 1 aliphatic rings. The first kappa shape index (κ1) is 17.4. The van der Waals surface area contributed by atoms with Crippen molar-refractivity contribution in [3.8, 4) is 0 Å². The van der Waals surface area contributed by atoms with E-state index in [1.165, 1.54) is 5.56 Å². The highest BCUT2D eigenvalue weighted by molar-refractivity contribution is 5.93. The summed E-state index contributed by atoms with van der Waals surface area (Å²) in [6, 6.07) is 9.96. The van der Waals surface area contributed by atoms with Crippen LogP contribution in [-0.2, 0) is 5.41 Å². The molecule has 1 saturated heterocycles. The Labute approximate surface area is 149 Å². The summed E-state index contributed by atoms with van der Waals surface area (Å²) in [5.74, 6) is 1.25. The molecule has 0 unspecified atom stereocenters. The van der Waals surface area contributed by atoms with Gasteiger partial charge in [0.1, 0.15) is 17.3 Å². The molecule has 0 radical (unpaired) electrons. The minimum absolute atomic E-state index is 0.00448.